The van der Waals surface area contributed by atoms with Gasteiger partial charge in [-0.1, -0.05) is 23.7 Å². The number of benzene rings is 1. The van der Waals surface area contributed by atoms with Crippen molar-refractivity contribution >= 4 is 23.3 Å². The molecule has 0 saturated carbocycles. The quantitative estimate of drug-likeness (QED) is 0.672. The van der Waals surface area contributed by atoms with Crippen molar-refractivity contribution in [2.75, 3.05) is 12.5 Å². The minimum Gasteiger partial charge on any atom is -0.336 e. The Balaban J connectivity index is 2.17. The van der Waals surface area contributed by atoms with Crippen molar-refractivity contribution in [1.82, 2.24) is 9.88 Å². The number of rotatable bonds is 4. The van der Waals surface area contributed by atoms with Crippen molar-refractivity contribution in [3.63, 3.8) is 0 Å². The van der Waals surface area contributed by atoms with E-state index in [0.717, 1.165) is 5.56 Å². The molecule has 0 aliphatic carbocycles. The number of carbonyl (C=O) groups is 1. The normalized spacial score (nSPS) is 10.3. The van der Waals surface area contributed by atoms with Gasteiger partial charge in [-0.2, -0.15) is 0 Å². The van der Waals surface area contributed by atoms with E-state index in [1.165, 1.54) is 17.0 Å². The first-order chi connectivity index (χ1) is 10.0. The fraction of sp³-hybridized carbons (Fsp3) is 0.143. The van der Waals surface area contributed by atoms with Crippen LogP contribution in [0.15, 0.2) is 36.4 Å². The Morgan fingerprint density at radius 1 is 1.33 bits per heavy atom. The van der Waals surface area contributed by atoms with Gasteiger partial charge in [-0.25, -0.2) is 15.2 Å². The molecule has 1 heterocycles. The van der Waals surface area contributed by atoms with Gasteiger partial charge in [0.25, 0.3) is 5.91 Å². The van der Waals surface area contributed by atoms with Crippen LogP contribution in [0.2, 0.25) is 5.02 Å². The van der Waals surface area contributed by atoms with Gasteiger partial charge in [0.1, 0.15) is 17.3 Å². The highest BCUT2D eigenvalue weighted by Gasteiger charge is 2.17. The SMILES string of the molecule is CN(Cc1ccc(F)cc1)C(=O)c1nc(NN)ccc1Cl. The Labute approximate surface area is 126 Å². The van der Waals surface area contributed by atoms with Gasteiger partial charge in [-0.05, 0) is 29.8 Å². The van der Waals surface area contributed by atoms with Gasteiger partial charge < -0.3 is 10.3 Å². The van der Waals surface area contributed by atoms with Crippen molar-refractivity contribution in [3.05, 3.63) is 58.5 Å². The lowest BCUT2D eigenvalue weighted by atomic mass is 10.2. The number of anilines is 1. The topological polar surface area (TPSA) is 71.2 Å². The molecule has 2 aromatic rings. The maximum Gasteiger partial charge on any atom is 0.274 e. The Morgan fingerprint density at radius 2 is 2.00 bits per heavy atom. The molecule has 7 heteroatoms. The molecule has 1 aromatic heterocycles. The number of carbonyl (C=O) groups excluding carboxylic acids is 1. The van der Waals surface area contributed by atoms with E-state index in [1.807, 2.05) is 0 Å². The fourth-order valence-corrected chi connectivity index (χ4v) is 1.97. The monoisotopic (exact) mass is 308 g/mol. The van der Waals surface area contributed by atoms with Gasteiger partial charge >= 0.3 is 0 Å². The van der Waals surface area contributed by atoms with Gasteiger partial charge in [0.05, 0.1) is 5.02 Å². The summed E-state index contributed by atoms with van der Waals surface area (Å²) in [5.74, 6) is 4.95. The van der Waals surface area contributed by atoms with Gasteiger partial charge in [-0.3, -0.25) is 4.79 Å². The zero-order valence-corrected chi connectivity index (χ0v) is 12.1. The summed E-state index contributed by atoms with van der Waals surface area (Å²) in [7, 11) is 1.62. The Bertz CT molecular complexity index is 648. The summed E-state index contributed by atoms with van der Waals surface area (Å²) in [6.45, 7) is 0.317. The third-order valence-electron chi connectivity index (χ3n) is 2.88. The molecule has 0 aliphatic heterocycles. The number of amides is 1. The van der Waals surface area contributed by atoms with Crippen LogP contribution in [0.5, 0.6) is 0 Å². The molecule has 0 unspecified atom stereocenters. The van der Waals surface area contributed by atoms with Crippen LogP contribution in [0, 0.1) is 5.82 Å². The van der Waals surface area contributed by atoms with Crippen LogP contribution in [0.3, 0.4) is 0 Å². The molecular formula is C14H14ClFN4O. The predicted molar refractivity (Wildman–Crippen MR) is 79.3 cm³/mol. The predicted octanol–water partition coefficient (Wildman–Crippen LogP) is 2.43. The van der Waals surface area contributed by atoms with Crippen LogP contribution < -0.4 is 11.3 Å². The number of hydrazine groups is 1. The first-order valence-electron chi connectivity index (χ1n) is 6.14. The molecule has 110 valence electrons. The molecule has 0 aliphatic rings. The van der Waals surface area contributed by atoms with Crippen LogP contribution in [-0.2, 0) is 6.54 Å². The number of hydrogen-bond acceptors (Lipinski definition) is 4. The molecule has 0 saturated heterocycles. The van der Waals surface area contributed by atoms with Gasteiger partial charge in [0, 0.05) is 13.6 Å². The first-order valence-corrected chi connectivity index (χ1v) is 6.52. The molecule has 2 rings (SSSR count). The largest absolute Gasteiger partial charge is 0.336 e. The van der Waals surface area contributed by atoms with Crippen molar-refractivity contribution in [2.45, 2.75) is 6.54 Å². The summed E-state index contributed by atoms with van der Waals surface area (Å²) in [5.41, 5.74) is 3.27. The van der Waals surface area contributed by atoms with E-state index >= 15 is 0 Å². The third kappa shape index (κ3) is 3.68. The fourth-order valence-electron chi connectivity index (χ4n) is 1.79. The van der Waals surface area contributed by atoms with Crippen LogP contribution in [-0.4, -0.2) is 22.8 Å². The minimum absolute atomic E-state index is 0.108. The zero-order chi connectivity index (χ0) is 15.4. The lowest BCUT2D eigenvalue weighted by Crippen LogP contribution is -2.27. The summed E-state index contributed by atoms with van der Waals surface area (Å²) >= 11 is 5.99. The van der Waals surface area contributed by atoms with Crippen molar-refractivity contribution in [1.29, 1.82) is 0 Å². The maximum atomic E-state index is 12.9. The highest BCUT2D eigenvalue weighted by atomic mass is 35.5. The maximum absolute atomic E-state index is 12.9. The molecule has 1 amide bonds. The number of nitrogens with one attached hydrogen (secondary N) is 1. The van der Waals surface area contributed by atoms with E-state index < -0.39 is 0 Å². The molecule has 21 heavy (non-hydrogen) atoms. The zero-order valence-electron chi connectivity index (χ0n) is 11.3. The number of pyridine rings is 1. The smallest absolute Gasteiger partial charge is 0.274 e. The second kappa shape index (κ2) is 6.51. The van der Waals surface area contributed by atoms with Crippen LogP contribution in [0.4, 0.5) is 10.2 Å². The average Bonchev–Trinajstić information content (AvgIpc) is 2.49. The number of nitrogen functional groups attached to an aromatic ring is 1. The molecule has 1 aromatic carbocycles. The summed E-state index contributed by atoms with van der Waals surface area (Å²) in [5, 5.41) is 0.241. The van der Waals surface area contributed by atoms with E-state index in [2.05, 4.69) is 10.4 Å². The van der Waals surface area contributed by atoms with E-state index in [0.29, 0.717) is 12.4 Å². The van der Waals surface area contributed by atoms with Gasteiger partial charge in [0.2, 0.25) is 0 Å². The van der Waals surface area contributed by atoms with E-state index in [1.54, 1.807) is 31.3 Å². The van der Waals surface area contributed by atoms with Crippen molar-refractivity contribution < 1.29 is 9.18 Å². The summed E-state index contributed by atoms with van der Waals surface area (Å²) in [6, 6.07) is 9.04. The molecular weight excluding hydrogens is 295 g/mol. The summed E-state index contributed by atoms with van der Waals surface area (Å²) in [4.78, 5) is 17.8. The lowest BCUT2D eigenvalue weighted by Gasteiger charge is -2.17. The number of nitrogens with two attached hydrogens (primary N) is 1. The Hall–Kier alpha value is -2.18. The van der Waals surface area contributed by atoms with Gasteiger partial charge in [0.15, 0.2) is 0 Å². The molecule has 0 atom stereocenters. The summed E-state index contributed by atoms with van der Waals surface area (Å²) < 4.78 is 12.9. The van der Waals surface area contributed by atoms with E-state index in [9.17, 15) is 9.18 Å². The highest BCUT2D eigenvalue weighted by Crippen LogP contribution is 2.18. The second-order valence-electron chi connectivity index (χ2n) is 4.46. The highest BCUT2D eigenvalue weighted by molar-refractivity contribution is 6.33. The minimum atomic E-state index is -0.346. The van der Waals surface area contributed by atoms with E-state index in [4.69, 9.17) is 17.4 Å². The van der Waals surface area contributed by atoms with Crippen LogP contribution in [0.25, 0.3) is 0 Å². The lowest BCUT2D eigenvalue weighted by molar-refractivity contribution is 0.0779. The molecule has 5 nitrogen and oxygen atoms in total. The molecule has 3 N–H and O–H groups in total. The van der Waals surface area contributed by atoms with Crippen LogP contribution >= 0.6 is 11.6 Å². The van der Waals surface area contributed by atoms with Crippen LogP contribution in [0.1, 0.15) is 16.1 Å². The molecule has 0 radical (unpaired) electrons. The number of nitrogens with zero attached hydrogens (tertiary/aromatic N) is 2. The number of halogens is 2. The Morgan fingerprint density at radius 3 is 2.62 bits per heavy atom. The van der Waals surface area contributed by atoms with Gasteiger partial charge in [-0.15, -0.1) is 0 Å². The molecule has 0 fully saturated rings. The average molecular weight is 309 g/mol. The third-order valence-corrected chi connectivity index (χ3v) is 3.18. The molecule has 0 spiro atoms. The number of hydrogen-bond donors (Lipinski definition) is 2. The summed E-state index contributed by atoms with van der Waals surface area (Å²) in [6.07, 6.45) is 0. The standard InChI is InChI=1S/C14H14ClFN4O/c1-20(8-9-2-4-10(16)5-3-9)14(21)13-11(15)6-7-12(18-13)19-17/h2-7H,8,17H2,1H3,(H,18,19). The first kappa shape index (κ1) is 15.2. The van der Waals surface area contributed by atoms with Crippen molar-refractivity contribution in [2.24, 2.45) is 5.84 Å². The second-order valence-corrected chi connectivity index (χ2v) is 4.87. The molecule has 0 bridgehead atoms. The van der Waals surface area contributed by atoms with E-state index in [-0.39, 0.29) is 22.4 Å². The Kier molecular flexibility index (Phi) is 4.72. The number of aromatic nitrogens is 1. The van der Waals surface area contributed by atoms with Crippen molar-refractivity contribution in [3.8, 4) is 0 Å².